The average Bonchev–Trinajstić information content (AvgIpc) is 2.51. The summed E-state index contributed by atoms with van der Waals surface area (Å²) in [6.07, 6.45) is 1.15. The van der Waals surface area contributed by atoms with Gasteiger partial charge in [-0.05, 0) is 12.5 Å². The molecule has 126 valence electrons. The lowest BCUT2D eigenvalue weighted by atomic mass is 9.85. The molecule has 1 aromatic carbocycles. The van der Waals surface area contributed by atoms with E-state index in [1.165, 1.54) is 12.1 Å². The van der Waals surface area contributed by atoms with Gasteiger partial charge >= 0.3 is 0 Å². The zero-order valence-corrected chi connectivity index (χ0v) is 12.9. The van der Waals surface area contributed by atoms with Crippen molar-refractivity contribution in [2.45, 2.75) is 31.2 Å². The van der Waals surface area contributed by atoms with Crippen molar-refractivity contribution in [1.29, 1.82) is 0 Å². The summed E-state index contributed by atoms with van der Waals surface area (Å²) < 4.78 is 69.8. The highest BCUT2D eigenvalue weighted by Crippen LogP contribution is 2.39. The third-order valence-electron chi connectivity index (χ3n) is 3.33. The second kappa shape index (κ2) is 8.03. The van der Waals surface area contributed by atoms with Crippen LogP contribution in [0.1, 0.15) is 25.3 Å². The molecule has 3 nitrogen and oxygen atoms in total. The van der Waals surface area contributed by atoms with E-state index in [1.54, 1.807) is 0 Å². The molecule has 1 rings (SSSR count). The lowest BCUT2D eigenvalue weighted by molar-refractivity contribution is -0.127. The minimum atomic E-state index is -4.04. The number of aliphatic hydroxyl groups is 1. The Balaban J connectivity index is 3.31. The number of benzene rings is 1. The first-order valence-electron chi connectivity index (χ1n) is 6.80. The average molecular weight is 341 g/mol. The molecule has 0 unspecified atom stereocenters. The maximum Gasteiger partial charge on any atom is 0.296 e. The Morgan fingerprint density at radius 2 is 1.95 bits per heavy atom. The van der Waals surface area contributed by atoms with Crippen LogP contribution >= 0.6 is 0 Å². The molecule has 2 atom stereocenters. The van der Waals surface area contributed by atoms with Gasteiger partial charge in [-0.1, -0.05) is 31.5 Å². The Labute approximate surface area is 129 Å². The molecule has 1 aromatic rings. The van der Waals surface area contributed by atoms with E-state index in [0.29, 0.717) is 12.8 Å². The van der Waals surface area contributed by atoms with Crippen molar-refractivity contribution >= 4 is 11.0 Å². The van der Waals surface area contributed by atoms with Crippen molar-refractivity contribution in [2.24, 2.45) is 0 Å². The van der Waals surface area contributed by atoms with Crippen LogP contribution in [0, 0.1) is 5.82 Å². The first kappa shape index (κ1) is 19.1. The fourth-order valence-electron chi connectivity index (χ4n) is 1.99. The first-order chi connectivity index (χ1) is 10.3. The number of alkyl halides is 3. The minimum absolute atomic E-state index is 0.0220. The molecule has 22 heavy (non-hydrogen) atoms. The van der Waals surface area contributed by atoms with E-state index in [2.05, 4.69) is 0 Å². The Hall–Kier alpha value is -0.990. The highest BCUT2D eigenvalue weighted by atomic mass is 32.2. The summed E-state index contributed by atoms with van der Waals surface area (Å²) in [6, 6.07) is 4.44. The van der Waals surface area contributed by atoms with Crippen LogP contribution in [0.2, 0.25) is 0 Å². The molecule has 0 heterocycles. The van der Waals surface area contributed by atoms with Crippen LogP contribution in [0.15, 0.2) is 24.3 Å². The first-order valence-corrected chi connectivity index (χ1v) is 8.12. The molecule has 0 amide bonds. The van der Waals surface area contributed by atoms with Gasteiger partial charge in [0.05, 0.1) is 11.0 Å². The number of nitrogens with one attached hydrogen (secondary N) is 1. The Kier molecular flexibility index (Phi) is 6.96. The molecule has 0 radical (unpaired) electrons. The standard InChI is InChI=1S/C14H19F4NO2S/c1-2-3-8-22(21)19-13(9-15,14(17,18)10-20)11-6-4-5-7-12(11)16/h4-7,19-20H,2-3,8-10H2,1H3/t13-,22+/m1/s1. The van der Waals surface area contributed by atoms with Gasteiger partial charge in [0, 0.05) is 11.3 Å². The molecule has 0 aliphatic heterocycles. The fourth-order valence-corrected chi connectivity index (χ4v) is 3.34. The largest absolute Gasteiger partial charge is 0.390 e. The summed E-state index contributed by atoms with van der Waals surface area (Å²) in [7, 11) is -1.99. The van der Waals surface area contributed by atoms with Crippen LogP contribution < -0.4 is 4.72 Å². The molecule has 0 aliphatic rings. The van der Waals surface area contributed by atoms with Crippen molar-refractivity contribution in [3.05, 3.63) is 35.6 Å². The summed E-state index contributed by atoms with van der Waals surface area (Å²) in [6.45, 7) is -1.61. The number of unbranched alkanes of at least 4 members (excludes halogenated alkanes) is 1. The Morgan fingerprint density at radius 1 is 1.32 bits per heavy atom. The van der Waals surface area contributed by atoms with Crippen molar-refractivity contribution < 1.29 is 26.9 Å². The molecule has 2 N–H and O–H groups in total. The van der Waals surface area contributed by atoms with Gasteiger partial charge in [0.25, 0.3) is 5.92 Å². The summed E-state index contributed by atoms with van der Waals surface area (Å²) in [4.78, 5) is 0. The molecule has 0 aromatic heterocycles. The SMILES string of the molecule is CCCC[S@](=O)N[C@](CF)(c1ccccc1F)C(F)(F)CO. The van der Waals surface area contributed by atoms with Gasteiger partial charge in [-0.15, -0.1) is 0 Å². The number of halogens is 4. The van der Waals surface area contributed by atoms with E-state index in [0.717, 1.165) is 12.1 Å². The quantitative estimate of drug-likeness (QED) is 0.679. The second-order valence-electron chi connectivity index (χ2n) is 4.89. The van der Waals surface area contributed by atoms with Crippen molar-refractivity contribution in [1.82, 2.24) is 4.72 Å². The minimum Gasteiger partial charge on any atom is -0.390 e. The van der Waals surface area contributed by atoms with Gasteiger partial charge in [-0.3, -0.25) is 0 Å². The molecule has 0 saturated heterocycles. The highest BCUT2D eigenvalue weighted by molar-refractivity contribution is 7.83. The molecule has 0 bridgehead atoms. The number of aliphatic hydroxyl groups excluding tert-OH is 1. The third kappa shape index (κ3) is 3.85. The maximum absolute atomic E-state index is 14.2. The van der Waals surface area contributed by atoms with E-state index in [9.17, 15) is 21.8 Å². The van der Waals surface area contributed by atoms with Crippen molar-refractivity contribution in [3.63, 3.8) is 0 Å². The number of hydrogen-bond donors (Lipinski definition) is 2. The van der Waals surface area contributed by atoms with Crippen molar-refractivity contribution in [3.8, 4) is 0 Å². The van der Waals surface area contributed by atoms with Crippen molar-refractivity contribution in [2.75, 3.05) is 19.0 Å². The fraction of sp³-hybridized carbons (Fsp3) is 0.571. The molecule has 0 saturated carbocycles. The normalized spacial score (nSPS) is 16.3. The van der Waals surface area contributed by atoms with Crippen LogP contribution in [0.4, 0.5) is 17.6 Å². The molecule has 8 heteroatoms. The van der Waals surface area contributed by atoms with Crippen LogP contribution in [0.5, 0.6) is 0 Å². The van der Waals surface area contributed by atoms with Crippen LogP contribution in [-0.4, -0.2) is 34.3 Å². The molecular weight excluding hydrogens is 322 g/mol. The van der Waals surface area contributed by atoms with Crippen LogP contribution in [0.3, 0.4) is 0 Å². The zero-order chi connectivity index (χ0) is 16.8. The number of hydrogen-bond acceptors (Lipinski definition) is 2. The summed E-state index contributed by atoms with van der Waals surface area (Å²) >= 11 is 0. The van der Waals surface area contributed by atoms with E-state index in [4.69, 9.17) is 5.11 Å². The zero-order valence-electron chi connectivity index (χ0n) is 12.1. The van der Waals surface area contributed by atoms with Gasteiger partial charge in [0.1, 0.15) is 19.1 Å². The van der Waals surface area contributed by atoms with E-state index in [1.807, 2.05) is 11.6 Å². The maximum atomic E-state index is 14.2. The van der Waals surface area contributed by atoms with Gasteiger partial charge in [-0.2, -0.15) is 0 Å². The lowest BCUT2D eigenvalue weighted by Crippen LogP contribution is -2.60. The topological polar surface area (TPSA) is 49.3 Å². The summed E-state index contributed by atoms with van der Waals surface area (Å²) in [5, 5.41) is 8.92. The predicted molar refractivity (Wildman–Crippen MR) is 77.1 cm³/mol. The third-order valence-corrected chi connectivity index (χ3v) is 4.56. The molecule has 0 fully saturated rings. The summed E-state index contributed by atoms with van der Waals surface area (Å²) in [5.74, 6) is -5.08. The van der Waals surface area contributed by atoms with E-state index in [-0.39, 0.29) is 5.75 Å². The van der Waals surface area contributed by atoms with Crippen LogP contribution in [-0.2, 0) is 16.5 Å². The molecule has 0 aliphatic carbocycles. The van der Waals surface area contributed by atoms with Gasteiger partial charge < -0.3 is 5.11 Å². The Morgan fingerprint density at radius 3 is 2.45 bits per heavy atom. The van der Waals surface area contributed by atoms with Crippen LogP contribution in [0.25, 0.3) is 0 Å². The molecular formula is C14H19F4NO2S. The smallest absolute Gasteiger partial charge is 0.296 e. The highest BCUT2D eigenvalue weighted by Gasteiger charge is 2.57. The van der Waals surface area contributed by atoms with E-state index >= 15 is 0 Å². The van der Waals surface area contributed by atoms with Gasteiger partial charge in [0.15, 0.2) is 5.54 Å². The molecule has 0 spiro atoms. The van der Waals surface area contributed by atoms with Gasteiger partial charge in [-0.25, -0.2) is 26.5 Å². The lowest BCUT2D eigenvalue weighted by Gasteiger charge is -2.38. The van der Waals surface area contributed by atoms with Gasteiger partial charge in [0.2, 0.25) is 0 Å². The second-order valence-corrected chi connectivity index (χ2v) is 6.19. The summed E-state index contributed by atoms with van der Waals surface area (Å²) in [5.41, 5.74) is -3.55. The Bertz CT molecular complexity index is 515. The van der Waals surface area contributed by atoms with E-state index < -0.39 is 47.1 Å². The monoisotopic (exact) mass is 341 g/mol. The number of rotatable bonds is 9. The predicted octanol–water partition coefficient (Wildman–Crippen LogP) is 2.67.